The number of nitrogens with zero attached hydrogens (tertiary/aromatic N) is 2. The smallest absolute Gasteiger partial charge is 0.138 e. The van der Waals surface area contributed by atoms with E-state index >= 15 is 0 Å². The second-order valence-corrected chi connectivity index (χ2v) is 5.11. The molecule has 1 aromatic carbocycles. The van der Waals surface area contributed by atoms with Crippen LogP contribution in [0.3, 0.4) is 0 Å². The van der Waals surface area contributed by atoms with Gasteiger partial charge in [-0.05, 0) is 46.6 Å². The third-order valence-corrected chi connectivity index (χ3v) is 3.22. The van der Waals surface area contributed by atoms with Crippen LogP contribution in [-0.2, 0) is 6.61 Å². The van der Waals surface area contributed by atoms with Gasteiger partial charge in [-0.3, -0.25) is 0 Å². The Bertz CT molecular complexity index is 557. The van der Waals surface area contributed by atoms with Gasteiger partial charge in [-0.15, -0.1) is 0 Å². The summed E-state index contributed by atoms with van der Waals surface area (Å²) in [4.78, 5) is 6.35. The maximum atomic E-state index is 9.41. The van der Waals surface area contributed by atoms with E-state index in [1.165, 1.54) is 5.56 Å². The van der Waals surface area contributed by atoms with Crippen LogP contribution in [0, 0.1) is 6.92 Å². The molecule has 0 aliphatic rings. The number of aromatic nitrogens is 1. The molecule has 0 radical (unpaired) electrons. The Hall–Kier alpha value is -1.39. The molecule has 0 bridgehead atoms. The molecule has 0 fully saturated rings. The maximum Gasteiger partial charge on any atom is 0.138 e. The Morgan fingerprint density at radius 2 is 2.11 bits per heavy atom. The van der Waals surface area contributed by atoms with Crippen molar-refractivity contribution in [2.24, 2.45) is 0 Å². The number of anilines is 2. The highest BCUT2D eigenvalue weighted by atomic mass is 79.9. The van der Waals surface area contributed by atoms with E-state index in [2.05, 4.69) is 40.0 Å². The summed E-state index contributed by atoms with van der Waals surface area (Å²) >= 11 is 3.36. The molecule has 2 rings (SSSR count). The van der Waals surface area contributed by atoms with Gasteiger partial charge in [0.15, 0.2) is 0 Å². The third-order valence-electron chi connectivity index (χ3n) is 2.79. The van der Waals surface area contributed by atoms with Crippen LogP contribution in [-0.4, -0.2) is 17.1 Å². The first-order valence-electron chi connectivity index (χ1n) is 5.67. The summed E-state index contributed by atoms with van der Waals surface area (Å²) in [5, 5.41) is 9.41. The lowest BCUT2D eigenvalue weighted by atomic mass is 10.2. The van der Waals surface area contributed by atoms with E-state index in [0.29, 0.717) is 0 Å². The highest BCUT2D eigenvalue weighted by Crippen LogP contribution is 2.27. The van der Waals surface area contributed by atoms with Crippen LogP contribution in [0.25, 0.3) is 0 Å². The average Bonchev–Trinajstić information content (AvgIpc) is 2.37. The van der Waals surface area contributed by atoms with Crippen LogP contribution in [0.15, 0.2) is 41.0 Å². The lowest BCUT2D eigenvalue weighted by Crippen LogP contribution is -2.13. The molecule has 0 unspecified atom stereocenters. The van der Waals surface area contributed by atoms with Crippen molar-refractivity contribution in [2.45, 2.75) is 13.5 Å². The summed E-state index contributed by atoms with van der Waals surface area (Å²) in [6, 6.07) is 10.1. The normalized spacial score (nSPS) is 10.4. The highest BCUT2D eigenvalue weighted by Gasteiger charge is 2.11. The number of aryl methyl sites for hydroxylation is 1. The fraction of sp³-hybridized carbons (Fsp3) is 0.214. The van der Waals surface area contributed by atoms with E-state index < -0.39 is 0 Å². The first-order chi connectivity index (χ1) is 8.61. The first-order valence-corrected chi connectivity index (χ1v) is 6.47. The van der Waals surface area contributed by atoms with Gasteiger partial charge in [0.1, 0.15) is 5.82 Å². The number of rotatable bonds is 3. The number of aliphatic hydroxyl groups excluding tert-OH is 1. The molecule has 1 heterocycles. The predicted octanol–water partition coefficient (Wildman–Crippen LogP) is 3.41. The van der Waals surface area contributed by atoms with Gasteiger partial charge in [-0.25, -0.2) is 4.98 Å². The van der Waals surface area contributed by atoms with Crippen molar-refractivity contribution in [3.05, 3.63) is 52.1 Å². The zero-order valence-electron chi connectivity index (χ0n) is 10.4. The van der Waals surface area contributed by atoms with Gasteiger partial charge < -0.3 is 10.0 Å². The van der Waals surface area contributed by atoms with E-state index in [4.69, 9.17) is 0 Å². The van der Waals surface area contributed by atoms with Crippen molar-refractivity contribution in [1.29, 1.82) is 0 Å². The van der Waals surface area contributed by atoms with Crippen molar-refractivity contribution in [2.75, 3.05) is 11.9 Å². The van der Waals surface area contributed by atoms with E-state index in [1.807, 2.05) is 30.1 Å². The molecule has 0 spiro atoms. The van der Waals surface area contributed by atoms with Crippen LogP contribution >= 0.6 is 15.9 Å². The monoisotopic (exact) mass is 306 g/mol. The second kappa shape index (κ2) is 5.50. The molecule has 1 N–H and O–H groups in total. The summed E-state index contributed by atoms with van der Waals surface area (Å²) in [5.74, 6) is 0.770. The zero-order chi connectivity index (χ0) is 13.1. The molecule has 0 atom stereocenters. The Labute approximate surface area is 115 Å². The summed E-state index contributed by atoms with van der Waals surface area (Å²) in [7, 11) is 1.95. The Morgan fingerprint density at radius 1 is 1.33 bits per heavy atom. The lowest BCUT2D eigenvalue weighted by Gasteiger charge is -2.21. The van der Waals surface area contributed by atoms with Crippen molar-refractivity contribution < 1.29 is 5.11 Å². The summed E-state index contributed by atoms with van der Waals surface area (Å²) in [5.41, 5.74) is 3.05. The predicted molar refractivity (Wildman–Crippen MR) is 77.1 cm³/mol. The van der Waals surface area contributed by atoms with Crippen molar-refractivity contribution in [3.8, 4) is 0 Å². The van der Waals surface area contributed by atoms with Gasteiger partial charge in [0.2, 0.25) is 0 Å². The Morgan fingerprint density at radius 3 is 2.78 bits per heavy atom. The molecule has 18 heavy (non-hydrogen) atoms. The molecule has 0 saturated heterocycles. The number of benzene rings is 1. The third kappa shape index (κ3) is 2.71. The second-order valence-electron chi connectivity index (χ2n) is 4.19. The van der Waals surface area contributed by atoms with Crippen LogP contribution in [0.5, 0.6) is 0 Å². The minimum Gasteiger partial charge on any atom is -0.392 e. The molecule has 1 aromatic heterocycles. The topological polar surface area (TPSA) is 36.4 Å². The maximum absolute atomic E-state index is 9.41. The summed E-state index contributed by atoms with van der Waals surface area (Å²) < 4.78 is 0.868. The standard InChI is InChI=1S/C14H15BrN2O/c1-10-4-3-5-13(6-10)17(2)14-11(9-18)7-12(15)8-16-14/h3-8,18H,9H2,1-2H3. The van der Waals surface area contributed by atoms with E-state index in [1.54, 1.807) is 6.20 Å². The minimum absolute atomic E-state index is 0.0298. The fourth-order valence-corrected chi connectivity index (χ4v) is 2.23. The van der Waals surface area contributed by atoms with Gasteiger partial charge in [-0.1, -0.05) is 12.1 Å². The molecule has 94 valence electrons. The highest BCUT2D eigenvalue weighted by molar-refractivity contribution is 9.10. The number of aliphatic hydroxyl groups is 1. The molecule has 0 saturated carbocycles. The average molecular weight is 307 g/mol. The molecular weight excluding hydrogens is 292 g/mol. The largest absolute Gasteiger partial charge is 0.392 e. The summed E-state index contributed by atoms with van der Waals surface area (Å²) in [6.45, 7) is 2.03. The van der Waals surface area contributed by atoms with Crippen molar-refractivity contribution in [1.82, 2.24) is 4.98 Å². The Balaban J connectivity index is 2.42. The van der Waals surface area contributed by atoms with Crippen LogP contribution < -0.4 is 4.90 Å². The van der Waals surface area contributed by atoms with Gasteiger partial charge in [0.25, 0.3) is 0 Å². The van der Waals surface area contributed by atoms with Crippen molar-refractivity contribution >= 4 is 27.4 Å². The number of hydrogen-bond acceptors (Lipinski definition) is 3. The fourth-order valence-electron chi connectivity index (χ4n) is 1.85. The number of halogens is 1. The molecule has 4 heteroatoms. The first kappa shape index (κ1) is 13.1. The van der Waals surface area contributed by atoms with E-state index in [-0.39, 0.29) is 6.61 Å². The van der Waals surface area contributed by atoms with Gasteiger partial charge in [-0.2, -0.15) is 0 Å². The van der Waals surface area contributed by atoms with E-state index in [9.17, 15) is 5.11 Å². The SMILES string of the molecule is Cc1cccc(N(C)c2ncc(Br)cc2CO)c1. The van der Waals surface area contributed by atoms with Crippen LogP contribution in [0.2, 0.25) is 0 Å². The molecule has 0 aliphatic heterocycles. The minimum atomic E-state index is -0.0298. The van der Waals surface area contributed by atoms with Gasteiger partial charge >= 0.3 is 0 Å². The molecular formula is C14H15BrN2O. The van der Waals surface area contributed by atoms with Gasteiger partial charge in [0, 0.05) is 29.0 Å². The van der Waals surface area contributed by atoms with E-state index in [0.717, 1.165) is 21.5 Å². The summed E-state index contributed by atoms with van der Waals surface area (Å²) in [6.07, 6.45) is 1.74. The van der Waals surface area contributed by atoms with Gasteiger partial charge in [0.05, 0.1) is 6.61 Å². The Kier molecular flexibility index (Phi) is 3.99. The lowest BCUT2D eigenvalue weighted by molar-refractivity contribution is 0.282. The zero-order valence-corrected chi connectivity index (χ0v) is 12.0. The van der Waals surface area contributed by atoms with Crippen LogP contribution in [0.4, 0.5) is 11.5 Å². The molecule has 3 nitrogen and oxygen atoms in total. The number of hydrogen-bond donors (Lipinski definition) is 1. The molecule has 0 aliphatic carbocycles. The van der Waals surface area contributed by atoms with Crippen LogP contribution in [0.1, 0.15) is 11.1 Å². The molecule has 2 aromatic rings. The quantitative estimate of drug-likeness (QED) is 0.944. The molecule has 0 amide bonds. The number of pyridine rings is 1. The van der Waals surface area contributed by atoms with Crippen molar-refractivity contribution in [3.63, 3.8) is 0 Å².